The third-order valence-corrected chi connectivity index (χ3v) is 1.75. The van der Waals surface area contributed by atoms with E-state index in [1.807, 2.05) is 41.5 Å². The fourth-order valence-electron chi connectivity index (χ4n) is 1.01. The van der Waals surface area contributed by atoms with Gasteiger partial charge in [-0.2, -0.15) is 0 Å². The topological polar surface area (TPSA) is 68.0 Å². The lowest BCUT2D eigenvalue weighted by molar-refractivity contribution is 0.0880. The third-order valence-electron chi connectivity index (χ3n) is 1.75. The highest BCUT2D eigenvalue weighted by Crippen LogP contribution is 2.20. The van der Waals surface area contributed by atoms with E-state index in [0.717, 1.165) is 0 Å². The summed E-state index contributed by atoms with van der Waals surface area (Å²) < 4.78 is 5.32. The number of carbonyl (C=O) groups is 1. The van der Waals surface area contributed by atoms with Crippen molar-refractivity contribution in [2.24, 2.45) is 0 Å². The number of nitrogens with one attached hydrogen (secondary N) is 1. The molecular formula is C11H19N3O2. The van der Waals surface area contributed by atoms with Crippen molar-refractivity contribution in [2.45, 2.75) is 52.5 Å². The van der Waals surface area contributed by atoms with Gasteiger partial charge in [0.1, 0.15) is 0 Å². The zero-order valence-corrected chi connectivity index (χ0v) is 10.7. The van der Waals surface area contributed by atoms with Gasteiger partial charge >= 0.3 is 11.8 Å². The maximum absolute atomic E-state index is 11.7. The second kappa shape index (κ2) is 3.88. The summed E-state index contributed by atoms with van der Waals surface area (Å²) in [5, 5.41) is 10.4. The summed E-state index contributed by atoms with van der Waals surface area (Å²) in [7, 11) is 0. The van der Waals surface area contributed by atoms with Crippen LogP contribution in [0.1, 0.15) is 58.1 Å². The van der Waals surface area contributed by atoms with E-state index in [1.54, 1.807) is 0 Å². The van der Waals surface area contributed by atoms with Crippen molar-refractivity contribution in [3.8, 4) is 0 Å². The molecule has 0 bridgehead atoms. The number of hydrogen-bond acceptors (Lipinski definition) is 4. The largest absolute Gasteiger partial charge is 0.416 e. The van der Waals surface area contributed by atoms with Crippen LogP contribution in [-0.4, -0.2) is 21.6 Å². The van der Waals surface area contributed by atoms with Crippen molar-refractivity contribution < 1.29 is 9.21 Å². The van der Waals surface area contributed by atoms with E-state index in [4.69, 9.17) is 4.42 Å². The van der Waals surface area contributed by atoms with Crippen LogP contribution in [0.2, 0.25) is 0 Å². The van der Waals surface area contributed by atoms with E-state index in [2.05, 4.69) is 15.5 Å². The van der Waals surface area contributed by atoms with Gasteiger partial charge in [0.25, 0.3) is 0 Å². The minimum Gasteiger partial charge on any atom is -0.416 e. The number of carbonyl (C=O) groups excluding carboxylic acids is 1. The average molecular weight is 225 g/mol. The molecule has 1 amide bonds. The summed E-state index contributed by atoms with van der Waals surface area (Å²) in [4.78, 5) is 11.7. The second-order valence-electron chi connectivity index (χ2n) is 5.87. The highest BCUT2D eigenvalue weighted by molar-refractivity contribution is 5.89. The van der Waals surface area contributed by atoms with Gasteiger partial charge in [0, 0.05) is 11.0 Å². The Balaban J connectivity index is 2.83. The molecule has 0 aliphatic heterocycles. The number of aromatic nitrogens is 2. The molecule has 1 aromatic heterocycles. The van der Waals surface area contributed by atoms with Crippen molar-refractivity contribution in [3.05, 3.63) is 11.8 Å². The molecule has 0 atom stereocenters. The van der Waals surface area contributed by atoms with Crippen molar-refractivity contribution in [3.63, 3.8) is 0 Å². The predicted molar refractivity (Wildman–Crippen MR) is 60.2 cm³/mol. The highest BCUT2D eigenvalue weighted by atomic mass is 16.4. The normalized spacial score (nSPS) is 12.6. The van der Waals surface area contributed by atoms with Crippen LogP contribution in [-0.2, 0) is 5.41 Å². The standard InChI is InChI=1S/C11H19N3O2/c1-10(2,3)9-14-13-8(16-9)7(15)12-11(4,5)6/h1-6H3,(H,12,15). The molecule has 1 aromatic rings. The zero-order valence-electron chi connectivity index (χ0n) is 10.7. The maximum atomic E-state index is 11.7. The number of amides is 1. The van der Waals surface area contributed by atoms with Crippen LogP contribution in [0, 0.1) is 0 Å². The van der Waals surface area contributed by atoms with Gasteiger partial charge < -0.3 is 9.73 Å². The minimum absolute atomic E-state index is 0.0138. The van der Waals surface area contributed by atoms with Crippen LogP contribution in [0.15, 0.2) is 4.42 Å². The summed E-state index contributed by atoms with van der Waals surface area (Å²) in [6.07, 6.45) is 0. The van der Waals surface area contributed by atoms with Gasteiger partial charge in [-0.15, -0.1) is 10.2 Å². The van der Waals surface area contributed by atoms with E-state index in [0.29, 0.717) is 5.89 Å². The van der Waals surface area contributed by atoms with E-state index >= 15 is 0 Å². The molecule has 16 heavy (non-hydrogen) atoms. The Morgan fingerprint density at radius 1 is 1.12 bits per heavy atom. The van der Waals surface area contributed by atoms with Crippen molar-refractivity contribution in [1.82, 2.24) is 15.5 Å². The summed E-state index contributed by atoms with van der Waals surface area (Å²) in [6, 6.07) is 0. The van der Waals surface area contributed by atoms with Crippen molar-refractivity contribution in [2.75, 3.05) is 0 Å². The minimum atomic E-state index is -0.337. The first-order valence-electron chi connectivity index (χ1n) is 5.26. The molecule has 5 nitrogen and oxygen atoms in total. The molecule has 0 fully saturated rings. The predicted octanol–water partition coefficient (Wildman–Crippen LogP) is 1.90. The Bertz CT molecular complexity index is 383. The van der Waals surface area contributed by atoms with Crippen LogP contribution >= 0.6 is 0 Å². The van der Waals surface area contributed by atoms with Crippen LogP contribution in [0.25, 0.3) is 0 Å². The average Bonchev–Trinajstić information content (AvgIpc) is 2.46. The highest BCUT2D eigenvalue weighted by Gasteiger charge is 2.25. The fraction of sp³-hybridized carbons (Fsp3) is 0.727. The van der Waals surface area contributed by atoms with Crippen LogP contribution in [0.5, 0.6) is 0 Å². The van der Waals surface area contributed by atoms with E-state index in [9.17, 15) is 4.79 Å². The van der Waals surface area contributed by atoms with Gasteiger partial charge in [-0.05, 0) is 20.8 Å². The Kier molecular flexibility index (Phi) is 3.08. The summed E-state index contributed by atoms with van der Waals surface area (Å²) >= 11 is 0. The van der Waals surface area contributed by atoms with Gasteiger partial charge in [0.05, 0.1) is 0 Å². The molecule has 1 rings (SSSR count). The van der Waals surface area contributed by atoms with E-state index < -0.39 is 0 Å². The lowest BCUT2D eigenvalue weighted by atomic mass is 9.97. The molecule has 0 aliphatic carbocycles. The van der Waals surface area contributed by atoms with Gasteiger partial charge in [0.15, 0.2) is 0 Å². The van der Waals surface area contributed by atoms with Gasteiger partial charge in [-0.25, -0.2) is 0 Å². The zero-order chi connectivity index (χ0) is 12.6. The van der Waals surface area contributed by atoms with Crippen molar-refractivity contribution >= 4 is 5.91 Å². The molecule has 0 aliphatic rings. The summed E-state index contributed by atoms with van der Waals surface area (Å²) in [5.74, 6) is 0.141. The third kappa shape index (κ3) is 3.32. The monoisotopic (exact) mass is 225 g/mol. The second-order valence-corrected chi connectivity index (χ2v) is 5.87. The molecule has 0 aromatic carbocycles. The van der Waals surface area contributed by atoms with Crippen LogP contribution in [0.4, 0.5) is 0 Å². The molecule has 0 saturated heterocycles. The smallest absolute Gasteiger partial charge is 0.309 e. The Hall–Kier alpha value is -1.39. The van der Waals surface area contributed by atoms with Crippen molar-refractivity contribution in [1.29, 1.82) is 0 Å². The molecule has 90 valence electrons. The molecule has 0 unspecified atom stereocenters. The quantitative estimate of drug-likeness (QED) is 0.792. The van der Waals surface area contributed by atoms with E-state index in [-0.39, 0.29) is 22.8 Å². The Morgan fingerprint density at radius 2 is 1.69 bits per heavy atom. The fourth-order valence-corrected chi connectivity index (χ4v) is 1.01. The number of rotatable bonds is 1. The molecule has 0 spiro atoms. The van der Waals surface area contributed by atoms with Gasteiger partial charge in [0.2, 0.25) is 5.89 Å². The van der Waals surface area contributed by atoms with Crippen LogP contribution < -0.4 is 5.32 Å². The number of hydrogen-bond donors (Lipinski definition) is 1. The molecule has 1 heterocycles. The molecular weight excluding hydrogens is 206 g/mol. The Labute approximate surface area is 95.6 Å². The van der Waals surface area contributed by atoms with E-state index in [1.165, 1.54) is 0 Å². The maximum Gasteiger partial charge on any atom is 0.309 e. The summed E-state index contributed by atoms with van der Waals surface area (Å²) in [6.45, 7) is 11.5. The lowest BCUT2D eigenvalue weighted by Gasteiger charge is -2.18. The lowest BCUT2D eigenvalue weighted by Crippen LogP contribution is -2.40. The van der Waals surface area contributed by atoms with Gasteiger partial charge in [-0.3, -0.25) is 4.79 Å². The molecule has 0 radical (unpaired) electrons. The first-order valence-corrected chi connectivity index (χ1v) is 5.26. The summed E-state index contributed by atoms with van der Waals surface area (Å²) in [5.41, 5.74) is -0.555. The number of nitrogens with zero attached hydrogens (tertiary/aromatic N) is 2. The first kappa shape index (κ1) is 12.7. The molecule has 1 N–H and O–H groups in total. The molecule has 5 heteroatoms. The molecule has 0 saturated carbocycles. The Morgan fingerprint density at radius 3 is 2.06 bits per heavy atom. The SMILES string of the molecule is CC(C)(C)NC(=O)c1nnc(C(C)(C)C)o1. The first-order chi connectivity index (χ1) is 7.09. The van der Waals surface area contributed by atoms with Gasteiger partial charge in [-0.1, -0.05) is 20.8 Å². The van der Waals surface area contributed by atoms with Crippen LogP contribution in [0.3, 0.4) is 0 Å².